The third-order valence-corrected chi connectivity index (χ3v) is 4.08. The van der Waals surface area contributed by atoms with Gasteiger partial charge in [-0.3, -0.25) is 10.2 Å². The molecule has 7 heteroatoms. The number of nitrogens with one attached hydrogen (secondary N) is 2. The molecule has 6 nitrogen and oxygen atoms in total. The van der Waals surface area contributed by atoms with Crippen molar-refractivity contribution in [2.24, 2.45) is 0 Å². The van der Waals surface area contributed by atoms with Crippen molar-refractivity contribution in [3.8, 4) is 34.0 Å². The molecule has 0 unspecified atom stereocenters. The van der Waals surface area contributed by atoms with E-state index in [9.17, 15) is 0 Å². The average molecular weight is 357 g/mol. The normalized spacial score (nSPS) is 10.6. The van der Waals surface area contributed by atoms with Gasteiger partial charge in [0.1, 0.15) is 11.5 Å². The van der Waals surface area contributed by atoms with Crippen LogP contribution in [0.15, 0.2) is 60.7 Å². The Morgan fingerprint density at radius 1 is 0.667 bits per heavy atom. The summed E-state index contributed by atoms with van der Waals surface area (Å²) in [6.07, 6.45) is 0. The van der Waals surface area contributed by atoms with Crippen LogP contribution < -0.4 is 9.31 Å². The van der Waals surface area contributed by atoms with Crippen LogP contribution in [0.1, 0.15) is 11.4 Å². The smallest absolute Gasteiger partial charge is 0.526 e. The third kappa shape index (κ3) is 4.03. The number of hydrogen-bond acceptors (Lipinski definition) is 4. The fourth-order valence-corrected chi connectivity index (χ4v) is 2.68. The molecule has 4 aromatic rings. The molecule has 0 bridgehead atoms. The lowest BCUT2D eigenvalue weighted by atomic mass is 10.1. The first kappa shape index (κ1) is 17.0. The monoisotopic (exact) mass is 357 g/mol. The standard InChI is InChI=1S/C20H18BN4O2/c1-13-11-19(24-22-13)15-3-7-17(8-4-15)26-21-27-18-9-5-16(6-10-18)20-12-14(2)23-25-20/h3-12H,1-2H3,(H,22,24)(H,23,25). The van der Waals surface area contributed by atoms with Gasteiger partial charge in [-0.25, -0.2) is 0 Å². The van der Waals surface area contributed by atoms with Crippen molar-refractivity contribution in [1.29, 1.82) is 0 Å². The maximum Gasteiger partial charge on any atom is 0.658 e. The number of hydrogen-bond donors (Lipinski definition) is 2. The summed E-state index contributed by atoms with van der Waals surface area (Å²) in [6, 6.07) is 19.3. The molecule has 0 spiro atoms. The predicted octanol–water partition coefficient (Wildman–Crippen LogP) is 4.08. The van der Waals surface area contributed by atoms with E-state index in [1.54, 1.807) is 0 Å². The molecule has 27 heavy (non-hydrogen) atoms. The third-order valence-electron chi connectivity index (χ3n) is 4.08. The molecular formula is C20H18BN4O2. The number of aryl methyl sites for hydroxylation is 2. The average Bonchev–Trinajstić information content (AvgIpc) is 3.31. The van der Waals surface area contributed by atoms with E-state index in [0.717, 1.165) is 33.9 Å². The molecule has 2 aromatic carbocycles. The Morgan fingerprint density at radius 2 is 1.07 bits per heavy atom. The molecule has 2 aromatic heterocycles. The van der Waals surface area contributed by atoms with Crippen molar-refractivity contribution in [3.05, 3.63) is 72.1 Å². The van der Waals surface area contributed by atoms with E-state index in [2.05, 4.69) is 20.4 Å². The Balaban J connectivity index is 1.31. The van der Waals surface area contributed by atoms with Crippen molar-refractivity contribution >= 4 is 7.69 Å². The van der Waals surface area contributed by atoms with E-state index in [4.69, 9.17) is 9.31 Å². The molecule has 0 saturated heterocycles. The Hall–Kier alpha value is -3.48. The number of benzene rings is 2. The van der Waals surface area contributed by atoms with Crippen LogP contribution in [0.4, 0.5) is 0 Å². The first-order valence-electron chi connectivity index (χ1n) is 8.57. The summed E-state index contributed by atoms with van der Waals surface area (Å²) < 4.78 is 11.1. The maximum absolute atomic E-state index is 5.53. The Morgan fingerprint density at radius 3 is 1.41 bits per heavy atom. The van der Waals surface area contributed by atoms with Crippen LogP contribution in [0.5, 0.6) is 11.5 Å². The Bertz CT molecular complexity index is 939. The molecule has 0 aliphatic carbocycles. The molecule has 0 fully saturated rings. The lowest BCUT2D eigenvalue weighted by molar-refractivity contribution is 0.459. The van der Waals surface area contributed by atoms with Gasteiger partial charge in [-0.2, -0.15) is 10.2 Å². The van der Waals surface area contributed by atoms with Crippen molar-refractivity contribution in [3.63, 3.8) is 0 Å². The molecule has 1 radical (unpaired) electrons. The summed E-state index contributed by atoms with van der Waals surface area (Å²) in [5, 5.41) is 14.4. The minimum absolute atomic E-state index is 0.689. The van der Waals surface area contributed by atoms with Gasteiger partial charge in [0.25, 0.3) is 0 Å². The van der Waals surface area contributed by atoms with Crippen molar-refractivity contribution in [2.45, 2.75) is 13.8 Å². The summed E-state index contributed by atoms with van der Waals surface area (Å²) in [7, 11) is 1.32. The fraction of sp³-hybridized carbons (Fsp3) is 0.100. The van der Waals surface area contributed by atoms with Gasteiger partial charge >= 0.3 is 7.69 Å². The zero-order valence-electron chi connectivity index (χ0n) is 15.1. The molecule has 0 amide bonds. The van der Waals surface area contributed by atoms with Gasteiger partial charge in [-0.15, -0.1) is 0 Å². The Labute approximate surface area is 157 Å². The van der Waals surface area contributed by atoms with E-state index in [1.165, 1.54) is 7.69 Å². The topological polar surface area (TPSA) is 75.8 Å². The van der Waals surface area contributed by atoms with E-state index >= 15 is 0 Å². The highest BCUT2D eigenvalue weighted by Crippen LogP contribution is 2.22. The summed E-state index contributed by atoms with van der Waals surface area (Å²) in [5.74, 6) is 1.38. The number of aromatic nitrogens is 4. The predicted molar refractivity (Wildman–Crippen MR) is 105 cm³/mol. The largest absolute Gasteiger partial charge is 0.658 e. The molecule has 2 heterocycles. The van der Waals surface area contributed by atoms with Crippen LogP contribution in [0, 0.1) is 13.8 Å². The van der Waals surface area contributed by atoms with Gasteiger partial charge in [-0.05, 0) is 74.5 Å². The van der Waals surface area contributed by atoms with Crippen LogP contribution in [0.25, 0.3) is 22.5 Å². The second-order valence-corrected chi connectivity index (χ2v) is 6.25. The first-order chi connectivity index (χ1) is 13.2. The quantitative estimate of drug-likeness (QED) is 0.510. The van der Waals surface area contributed by atoms with E-state index in [-0.39, 0.29) is 0 Å². The van der Waals surface area contributed by atoms with Crippen LogP contribution >= 0.6 is 0 Å². The molecule has 0 aliphatic heterocycles. The lowest BCUT2D eigenvalue weighted by Gasteiger charge is -2.07. The van der Waals surface area contributed by atoms with Gasteiger partial charge in [0, 0.05) is 22.5 Å². The minimum Gasteiger partial charge on any atom is -0.526 e. The number of nitrogens with zero attached hydrogens (tertiary/aromatic N) is 2. The molecular weight excluding hydrogens is 339 g/mol. The van der Waals surface area contributed by atoms with Crippen LogP contribution in [0.2, 0.25) is 0 Å². The molecule has 0 atom stereocenters. The van der Waals surface area contributed by atoms with Crippen LogP contribution in [-0.2, 0) is 0 Å². The molecule has 0 aliphatic rings. The van der Waals surface area contributed by atoms with E-state index in [0.29, 0.717) is 11.5 Å². The molecule has 2 N–H and O–H groups in total. The van der Waals surface area contributed by atoms with Crippen LogP contribution in [-0.4, -0.2) is 28.1 Å². The summed E-state index contributed by atoms with van der Waals surface area (Å²) in [6.45, 7) is 3.95. The van der Waals surface area contributed by atoms with Crippen molar-refractivity contribution in [1.82, 2.24) is 20.4 Å². The van der Waals surface area contributed by atoms with Gasteiger partial charge in [0.05, 0.1) is 11.4 Å². The highest BCUT2D eigenvalue weighted by Gasteiger charge is 2.06. The van der Waals surface area contributed by atoms with E-state index < -0.39 is 0 Å². The number of aromatic amines is 2. The van der Waals surface area contributed by atoms with Crippen LogP contribution in [0.3, 0.4) is 0 Å². The van der Waals surface area contributed by atoms with Gasteiger partial charge in [0.2, 0.25) is 0 Å². The van der Waals surface area contributed by atoms with E-state index in [1.807, 2.05) is 74.5 Å². The first-order valence-corrected chi connectivity index (χ1v) is 8.57. The zero-order valence-corrected chi connectivity index (χ0v) is 15.1. The van der Waals surface area contributed by atoms with Gasteiger partial charge in [-0.1, -0.05) is 0 Å². The molecule has 0 saturated carbocycles. The molecule has 4 rings (SSSR count). The number of H-pyrrole nitrogens is 2. The summed E-state index contributed by atoms with van der Waals surface area (Å²) >= 11 is 0. The van der Waals surface area contributed by atoms with Crippen molar-refractivity contribution < 1.29 is 9.31 Å². The van der Waals surface area contributed by atoms with Crippen molar-refractivity contribution in [2.75, 3.05) is 0 Å². The lowest BCUT2D eigenvalue weighted by Crippen LogP contribution is -2.10. The highest BCUT2D eigenvalue weighted by atomic mass is 16.6. The number of rotatable bonds is 6. The SMILES string of the molecule is Cc1cc(-c2ccc(O[B]Oc3ccc(-c4cc(C)[nH]n4)cc3)cc2)n[nH]1. The molecule has 133 valence electrons. The fourth-order valence-electron chi connectivity index (χ4n) is 2.68. The zero-order chi connectivity index (χ0) is 18.6. The maximum atomic E-state index is 5.53. The Kier molecular flexibility index (Phi) is 4.66. The minimum atomic E-state index is 0.689. The van der Waals surface area contributed by atoms with Gasteiger partial charge in [0.15, 0.2) is 0 Å². The van der Waals surface area contributed by atoms with Gasteiger partial charge < -0.3 is 9.31 Å². The highest BCUT2D eigenvalue weighted by molar-refractivity contribution is 6.20. The second kappa shape index (κ2) is 7.41. The second-order valence-electron chi connectivity index (χ2n) is 6.25. The summed E-state index contributed by atoms with van der Waals surface area (Å²) in [5.41, 5.74) is 5.92. The summed E-state index contributed by atoms with van der Waals surface area (Å²) in [4.78, 5) is 0.